The third-order valence-electron chi connectivity index (χ3n) is 2.55. The molecule has 0 aliphatic carbocycles. The molecular weight excluding hydrogens is 283 g/mol. The summed E-state index contributed by atoms with van der Waals surface area (Å²) in [7, 11) is 0. The Hall–Kier alpha value is -1.10. The van der Waals surface area contributed by atoms with Gasteiger partial charge in [-0.2, -0.15) is 0 Å². The molecule has 6 heteroatoms. The highest BCUT2D eigenvalue weighted by molar-refractivity contribution is 6.34. The lowest BCUT2D eigenvalue weighted by atomic mass is 10.2. The van der Waals surface area contributed by atoms with Crippen LogP contribution in [0.2, 0.25) is 10.0 Å². The van der Waals surface area contributed by atoms with Crippen molar-refractivity contribution in [1.82, 2.24) is 20.3 Å². The molecule has 1 heterocycles. The first kappa shape index (κ1) is 14.3. The van der Waals surface area contributed by atoms with Gasteiger partial charge in [0, 0.05) is 11.6 Å². The van der Waals surface area contributed by atoms with Gasteiger partial charge in [0.1, 0.15) is 0 Å². The third-order valence-corrected chi connectivity index (χ3v) is 3.11. The third kappa shape index (κ3) is 3.93. The minimum atomic E-state index is 0.594. The van der Waals surface area contributed by atoms with Crippen molar-refractivity contribution in [1.29, 1.82) is 0 Å². The maximum absolute atomic E-state index is 6.12. The van der Waals surface area contributed by atoms with Gasteiger partial charge >= 0.3 is 0 Å². The number of nitrogens with zero attached hydrogens (tertiary/aromatic N) is 3. The van der Waals surface area contributed by atoms with E-state index >= 15 is 0 Å². The quantitative estimate of drug-likeness (QED) is 0.921. The lowest BCUT2D eigenvalue weighted by Crippen LogP contribution is -2.19. The van der Waals surface area contributed by atoms with Crippen molar-refractivity contribution in [2.75, 3.05) is 6.54 Å². The van der Waals surface area contributed by atoms with Crippen LogP contribution < -0.4 is 5.32 Å². The number of rotatable bonds is 5. The summed E-state index contributed by atoms with van der Waals surface area (Å²) in [6.45, 7) is 5.96. The van der Waals surface area contributed by atoms with Crippen LogP contribution in [0.4, 0.5) is 0 Å². The average molecular weight is 299 g/mol. The van der Waals surface area contributed by atoms with E-state index in [4.69, 9.17) is 23.2 Å². The van der Waals surface area contributed by atoms with Gasteiger partial charge in [-0.1, -0.05) is 42.3 Å². The van der Waals surface area contributed by atoms with Crippen LogP contribution in [-0.4, -0.2) is 21.5 Å². The number of hydrogen-bond acceptors (Lipinski definition) is 3. The Morgan fingerprint density at radius 2 is 2.11 bits per heavy atom. The van der Waals surface area contributed by atoms with Crippen LogP contribution in [0.1, 0.15) is 19.5 Å². The topological polar surface area (TPSA) is 42.7 Å². The largest absolute Gasteiger partial charge is 0.311 e. The Morgan fingerprint density at radius 3 is 2.84 bits per heavy atom. The van der Waals surface area contributed by atoms with Gasteiger partial charge in [-0.25, -0.2) is 4.68 Å². The maximum atomic E-state index is 6.12. The fourth-order valence-corrected chi connectivity index (χ4v) is 2.02. The SMILES string of the molecule is CC(C)CNCc1cn(-c2cc(Cl)ccc2Cl)nn1. The summed E-state index contributed by atoms with van der Waals surface area (Å²) in [6, 6.07) is 5.26. The molecular formula is C13H16Cl2N4. The molecule has 0 amide bonds. The first-order valence-corrected chi connectivity index (χ1v) is 6.89. The molecule has 102 valence electrons. The van der Waals surface area contributed by atoms with Crippen LogP contribution >= 0.6 is 23.2 Å². The zero-order chi connectivity index (χ0) is 13.8. The van der Waals surface area contributed by atoms with E-state index in [0.29, 0.717) is 22.5 Å². The molecule has 0 saturated carbocycles. The second-order valence-corrected chi connectivity index (χ2v) is 5.62. The first-order chi connectivity index (χ1) is 9.06. The van der Waals surface area contributed by atoms with E-state index in [2.05, 4.69) is 29.5 Å². The number of aromatic nitrogens is 3. The summed E-state index contributed by atoms with van der Waals surface area (Å²) in [4.78, 5) is 0. The van der Waals surface area contributed by atoms with Crippen LogP contribution in [0.5, 0.6) is 0 Å². The molecule has 0 atom stereocenters. The lowest BCUT2D eigenvalue weighted by molar-refractivity contribution is 0.548. The molecule has 19 heavy (non-hydrogen) atoms. The van der Waals surface area contributed by atoms with Crippen molar-refractivity contribution in [3.63, 3.8) is 0 Å². The maximum Gasteiger partial charge on any atom is 0.0969 e. The van der Waals surface area contributed by atoms with E-state index in [1.807, 2.05) is 6.20 Å². The highest BCUT2D eigenvalue weighted by Gasteiger charge is 2.07. The van der Waals surface area contributed by atoms with E-state index < -0.39 is 0 Å². The normalized spacial score (nSPS) is 11.2. The summed E-state index contributed by atoms with van der Waals surface area (Å²) < 4.78 is 1.64. The average Bonchev–Trinajstić information content (AvgIpc) is 2.80. The second-order valence-electron chi connectivity index (χ2n) is 4.77. The fourth-order valence-electron chi connectivity index (χ4n) is 1.65. The van der Waals surface area contributed by atoms with Crippen molar-refractivity contribution < 1.29 is 0 Å². The van der Waals surface area contributed by atoms with Crippen molar-refractivity contribution in [3.05, 3.63) is 40.1 Å². The highest BCUT2D eigenvalue weighted by atomic mass is 35.5. The van der Waals surface area contributed by atoms with E-state index in [9.17, 15) is 0 Å². The fraction of sp³-hybridized carbons (Fsp3) is 0.385. The Kier molecular flexibility index (Phi) is 4.80. The second kappa shape index (κ2) is 6.37. The molecule has 0 radical (unpaired) electrons. The van der Waals surface area contributed by atoms with Crippen molar-refractivity contribution in [3.8, 4) is 5.69 Å². The van der Waals surface area contributed by atoms with Gasteiger partial charge in [0.05, 0.1) is 22.6 Å². The van der Waals surface area contributed by atoms with Gasteiger partial charge in [0.15, 0.2) is 0 Å². The molecule has 0 bridgehead atoms. The van der Waals surface area contributed by atoms with Crippen LogP contribution in [0.25, 0.3) is 5.69 Å². The smallest absolute Gasteiger partial charge is 0.0969 e. The summed E-state index contributed by atoms with van der Waals surface area (Å²) in [5.74, 6) is 0.609. The van der Waals surface area contributed by atoms with Gasteiger partial charge in [-0.3, -0.25) is 0 Å². The van der Waals surface area contributed by atoms with Gasteiger partial charge in [-0.15, -0.1) is 5.10 Å². The van der Waals surface area contributed by atoms with E-state index in [1.54, 1.807) is 22.9 Å². The molecule has 1 N–H and O–H groups in total. The molecule has 2 rings (SSSR count). The van der Waals surface area contributed by atoms with Crippen LogP contribution in [-0.2, 0) is 6.54 Å². The standard InChI is InChI=1S/C13H16Cl2N4/c1-9(2)6-16-7-11-8-19(18-17-11)13-5-10(14)3-4-12(13)15/h3-5,8-9,16H,6-7H2,1-2H3. The molecule has 1 aromatic carbocycles. The Balaban J connectivity index is 2.10. The minimum Gasteiger partial charge on any atom is -0.311 e. The van der Waals surface area contributed by atoms with E-state index in [0.717, 1.165) is 17.9 Å². The van der Waals surface area contributed by atoms with Crippen LogP contribution in [0, 0.1) is 5.92 Å². The molecule has 1 aromatic heterocycles. The predicted octanol–water partition coefficient (Wildman–Crippen LogP) is 3.32. The van der Waals surface area contributed by atoms with E-state index in [-0.39, 0.29) is 0 Å². The minimum absolute atomic E-state index is 0.594. The van der Waals surface area contributed by atoms with Gasteiger partial charge in [-0.05, 0) is 30.7 Å². The van der Waals surface area contributed by atoms with E-state index in [1.165, 1.54) is 0 Å². The van der Waals surface area contributed by atoms with Crippen molar-refractivity contribution in [2.24, 2.45) is 5.92 Å². The molecule has 0 saturated heterocycles. The van der Waals surface area contributed by atoms with Crippen LogP contribution in [0.15, 0.2) is 24.4 Å². The lowest BCUT2D eigenvalue weighted by Gasteiger charge is -2.05. The molecule has 4 nitrogen and oxygen atoms in total. The summed E-state index contributed by atoms with van der Waals surface area (Å²) in [6.07, 6.45) is 1.85. The van der Waals surface area contributed by atoms with Crippen LogP contribution in [0.3, 0.4) is 0 Å². The summed E-state index contributed by atoms with van der Waals surface area (Å²) in [5.41, 5.74) is 1.61. The Bertz CT molecular complexity index is 551. The number of benzene rings is 1. The van der Waals surface area contributed by atoms with Gasteiger partial charge in [0.25, 0.3) is 0 Å². The zero-order valence-corrected chi connectivity index (χ0v) is 12.4. The Morgan fingerprint density at radius 1 is 1.32 bits per heavy atom. The number of halogens is 2. The van der Waals surface area contributed by atoms with Gasteiger partial charge < -0.3 is 5.32 Å². The summed E-state index contributed by atoms with van der Waals surface area (Å²) >= 11 is 12.1. The predicted molar refractivity (Wildman–Crippen MR) is 77.9 cm³/mol. The molecule has 0 unspecified atom stereocenters. The molecule has 0 fully saturated rings. The number of hydrogen-bond donors (Lipinski definition) is 1. The highest BCUT2D eigenvalue weighted by Crippen LogP contribution is 2.23. The molecule has 0 aliphatic heterocycles. The van der Waals surface area contributed by atoms with Gasteiger partial charge in [0.2, 0.25) is 0 Å². The van der Waals surface area contributed by atoms with Crippen molar-refractivity contribution >= 4 is 23.2 Å². The monoisotopic (exact) mass is 298 g/mol. The molecule has 0 aliphatic rings. The zero-order valence-electron chi connectivity index (χ0n) is 10.9. The van der Waals surface area contributed by atoms with Crippen molar-refractivity contribution in [2.45, 2.75) is 20.4 Å². The molecule has 0 spiro atoms. The Labute approximate surface area is 122 Å². The summed E-state index contributed by atoms with van der Waals surface area (Å²) in [5, 5.41) is 12.7. The number of nitrogens with one attached hydrogen (secondary N) is 1. The molecule has 2 aromatic rings. The first-order valence-electron chi connectivity index (χ1n) is 6.13.